The highest BCUT2D eigenvalue weighted by atomic mass is 32.2. The molecule has 0 saturated carbocycles. The third kappa shape index (κ3) is 2.64. The van der Waals surface area contributed by atoms with E-state index < -0.39 is 0 Å². The van der Waals surface area contributed by atoms with Crippen molar-refractivity contribution in [2.45, 2.75) is 24.5 Å². The number of rotatable bonds is 3. The summed E-state index contributed by atoms with van der Waals surface area (Å²) in [5.74, 6) is 1.93. The van der Waals surface area contributed by atoms with Gasteiger partial charge in [0.25, 0.3) is 0 Å². The molecule has 2 saturated heterocycles. The van der Waals surface area contributed by atoms with E-state index in [4.69, 9.17) is 4.74 Å². The Hall–Kier alpha value is -0.220. The molecule has 2 aliphatic heterocycles. The van der Waals surface area contributed by atoms with Crippen LogP contribution >= 0.6 is 11.8 Å². The maximum atomic E-state index is 11.2. The molecule has 2 fully saturated rings. The molecule has 0 aromatic heterocycles. The summed E-state index contributed by atoms with van der Waals surface area (Å²) in [7, 11) is 0. The van der Waals surface area contributed by atoms with Crippen LogP contribution in [-0.2, 0) is 9.53 Å². The largest absolute Gasteiger partial charge is 0.465 e. The number of carbonyl (C=O) groups excluding carboxylic acids is 1. The maximum Gasteiger partial charge on any atom is 0.319 e. The van der Waals surface area contributed by atoms with Gasteiger partial charge in [-0.05, 0) is 37.6 Å². The number of esters is 1. The molecule has 14 heavy (non-hydrogen) atoms. The molecule has 2 aliphatic rings. The highest BCUT2D eigenvalue weighted by Gasteiger charge is 2.27. The maximum absolute atomic E-state index is 11.2. The van der Waals surface area contributed by atoms with Gasteiger partial charge in [0.15, 0.2) is 0 Å². The average molecular weight is 215 g/mol. The van der Waals surface area contributed by atoms with Gasteiger partial charge in [-0.15, -0.1) is 11.8 Å². The first-order valence-electron chi connectivity index (χ1n) is 5.35. The fourth-order valence-electron chi connectivity index (χ4n) is 1.93. The fourth-order valence-corrected chi connectivity index (χ4v) is 3.23. The van der Waals surface area contributed by atoms with Crippen LogP contribution in [0.4, 0.5) is 0 Å². The van der Waals surface area contributed by atoms with Crippen LogP contribution in [0.3, 0.4) is 0 Å². The summed E-state index contributed by atoms with van der Waals surface area (Å²) in [6.45, 7) is 2.91. The predicted molar refractivity (Wildman–Crippen MR) is 57.4 cm³/mol. The summed E-state index contributed by atoms with van der Waals surface area (Å²) in [6.07, 6.45) is 3.43. The Labute approximate surface area is 89.0 Å². The highest BCUT2D eigenvalue weighted by molar-refractivity contribution is 8.00. The second kappa shape index (κ2) is 5.03. The number of ether oxygens (including phenoxy) is 1. The molecular weight excluding hydrogens is 198 g/mol. The zero-order chi connectivity index (χ0) is 9.80. The van der Waals surface area contributed by atoms with Gasteiger partial charge in [-0.2, -0.15) is 0 Å². The van der Waals surface area contributed by atoms with Crippen LogP contribution in [0.1, 0.15) is 19.3 Å². The van der Waals surface area contributed by atoms with Crippen LogP contribution < -0.4 is 5.32 Å². The van der Waals surface area contributed by atoms with Crippen molar-refractivity contribution < 1.29 is 9.53 Å². The van der Waals surface area contributed by atoms with Crippen LogP contribution in [0.2, 0.25) is 0 Å². The molecule has 2 heterocycles. The minimum absolute atomic E-state index is 0.00364. The first kappa shape index (κ1) is 10.3. The van der Waals surface area contributed by atoms with Crippen molar-refractivity contribution >= 4 is 17.7 Å². The Morgan fingerprint density at radius 3 is 2.79 bits per heavy atom. The Morgan fingerprint density at radius 2 is 2.14 bits per heavy atom. The SMILES string of the molecule is O=C1OCCC1SCC1CCNCC1. The van der Waals surface area contributed by atoms with Gasteiger partial charge in [0.05, 0.1) is 6.61 Å². The van der Waals surface area contributed by atoms with Crippen molar-refractivity contribution in [3.05, 3.63) is 0 Å². The van der Waals surface area contributed by atoms with Gasteiger partial charge in [0.1, 0.15) is 5.25 Å². The van der Waals surface area contributed by atoms with E-state index in [0.29, 0.717) is 6.61 Å². The first-order chi connectivity index (χ1) is 6.86. The number of hydrogen-bond acceptors (Lipinski definition) is 4. The Bertz CT molecular complexity index is 204. The molecule has 0 aromatic carbocycles. The molecular formula is C10H17NO2S. The predicted octanol–water partition coefficient (Wildman–Crippen LogP) is 1.03. The van der Waals surface area contributed by atoms with Crippen molar-refractivity contribution in [1.82, 2.24) is 5.32 Å². The zero-order valence-corrected chi connectivity index (χ0v) is 9.15. The van der Waals surface area contributed by atoms with Gasteiger partial charge < -0.3 is 10.1 Å². The van der Waals surface area contributed by atoms with Crippen LogP contribution in [0, 0.1) is 5.92 Å². The Kier molecular flexibility index (Phi) is 3.70. The average Bonchev–Trinajstić information content (AvgIpc) is 2.63. The molecule has 1 unspecified atom stereocenters. The summed E-state index contributed by atoms with van der Waals surface area (Å²) in [6, 6.07) is 0. The number of hydrogen-bond donors (Lipinski definition) is 1. The van der Waals surface area contributed by atoms with Crippen LogP contribution in [0.25, 0.3) is 0 Å². The summed E-state index contributed by atoms with van der Waals surface area (Å²) in [5, 5.41) is 3.48. The molecule has 0 bridgehead atoms. The number of thioether (sulfide) groups is 1. The lowest BCUT2D eigenvalue weighted by Crippen LogP contribution is -2.29. The van der Waals surface area contributed by atoms with E-state index in [1.165, 1.54) is 12.8 Å². The second-order valence-electron chi connectivity index (χ2n) is 3.97. The number of piperidine rings is 1. The molecule has 4 heteroatoms. The summed E-state index contributed by atoms with van der Waals surface area (Å²) in [5.41, 5.74) is 0. The van der Waals surface area contributed by atoms with E-state index >= 15 is 0 Å². The minimum atomic E-state index is 0.00364. The van der Waals surface area contributed by atoms with Gasteiger partial charge in [0, 0.05) is 6.42 Å². The van der Waals surface area contributed by atoms with E-state index in [1.807, 2.05) is 0 Å². The van der Waals surface area contributed by atoms with Crippen LogP contribution in [-0.4, -0.2) is 36.7 Å². The molecule has 0 spiro atoms. The minimum Gasteiger partial charge on any atom is -0.465 e. The van der Waals surface area contributed by atoms with Crippen molar-refractivity contribution in [2.24, 2.45) is 5.92 Å². The summed E-state index contributed by atoms with van der Waals surface area (Å²) in [4.78, 5) is 11.2. The molecule has 0 aromatic rings. The van der Waals surface area contributed by atoms with Crippen molar-refractivity contribution in [2.75, 3.05) is 25.4 Å². The van der Waals surface area contributed by atoms with E-state index in [1.54, 1.807) is 11.8 Å². The van der Waals surface area contributed by atoms with Gasteiger partial charge in [0.2, 0.25) is 0 Å². The Morgan fingerprint density at radius 1 is 1.36 bits per heavy atom. The van der Waals surface area contributed by atoms with E-state index in [2.05, 4.69) is 5.32 Å². The van der Waals surface area contributed by atoms with E-state index in [9.17, 15) is 4.79 Å². The number of carbonyl (C=O) groups is 1. The topological polar surface area (TPSA) is 38.3 Å². The molecule has 3 nitrogen and oxygen atoms in total. The van der Waals surface area contributed by atoms with Gasteiger partial charge in [-0.3, -0.25) is 4.79 Å². The van der Waals surface area contributed by atoms with E-state index in [0.717, 1.165) is 31.2 Å². The molecule has 1 atom stereocenters. The first-order valence-corrected chi connectivity index (χ1v) is 6.40. The molecule has 0 radical (unpaired) electrons. The highest BCUT2D eigenvalue weighted by Crippen LogP contribution is 2.26. The normalized spacial score (nSPS) is 29.1. The van der Waals surface area contributed by atoms with Crippen molar-refractivity contribution in [3.63, 3.8) is 0 Å². The van der Waals surface area contributed by atoms with Gasteiger partial charge in [-0.1, -0.05) is 0 Å². The van der Waals surface area contributed by atoms with E-state index in [-0.39, 0.29) is 11.2 Å². The Balaban J connectivity index is 1.68. The lowest BCUT2D eigenvalue weighted by Gasteiger charge is -2.22. The molecule has 1 N–H and O–H groups in total. The van der Waals surface area contributed by atoms with Crippen molar-refractivity contribution in [1.29, 1.82) is 0 Å². The number of nitrogens with one attached hydrogen (secondary N) is 1. The summed E-state index contributed by atoms with van der Waals surface area (Å²) >= 11 is 1.80. The molecule has 2 rings (SSSR count). The zero-order valence-electron chi connectivity index (χ0n) is 8.33. The standard InChI is InChI=1S/C10H17NO2S/c12-10-9(3-6-13-10)14-7-8-1-4-11-5-2-8/h8-9,11H,1-7H2. The summed E-state index contributed by atoms with van der Waals surface area (Å²) < 4.78 is 4.93. The lowest BCUT2D eigenvalue weighted by atomic mass is 10.0. The van der Waals surface area contributed by atoms with Crippen molar-refractivity contribution in [3.8, 4) is 0 Å². The lowest BCUT2D eigenvalue weighted by molar-refractivity contribution is -0.137. The van der Waals surface area contributed by atoms with Crippen LogP contribution in [0.15, 0.2) is 0 Å². The second-order valence-corrected chi connectivity index (χ2v) is 5.21. The van der Waals surface area contributed by atoms with Gasteiger partial charge in [-0.25, -0.2) is 0 Å². The smallest absolute Gasteiger partial charge is 0.319 e. The third-order valence-corrected chi connectivity index (χ3v) is 4.37. The third-order valence-electron chi connectivity index (χ3n) is 2.88. The quantitative estimate of drug-likeness (QED) is 0.714. The molecule has 0 aliphatic carbocycles. The molecule has 0 amide bonds. The van der Waals surface area contributed by atoms with Gasteiger partial charge >= 0.3 is 5.97 Å². The number of cyclic esters (lactones) is 1. The molecule has 80 valence electrons. The van der Waals surface area contributed by atoms with Crippen LogP contribution in [0.5, 0.6) is 0 Å². The monoisotopic (exact) mass is 215 g/mol. The fraction of sp³-hybridized carbons (Fsp3) is 0.900.